The Morgan fingerprint density at radius 2 is 0.567 bits per heavy atom. The number of para-hydroxylation sites is 1. The second-order valence-electron chi connectivity index (χ2n) is 16.5. The first-order valence-corrected chi connectivity index (χ1v) is 22.3. The smallest absolute Gasteiger partial charge is 0.164 e. The molecule has 12 rings (SSSR count). The van der Waals surface area contributed by atoms with E-state index < -0.39 is 0 Å². The number of furan rings is 1. The summed E-state index contributed by atoms with van der Waals surface area (Å²) in [5.41, 5.74) is 15.5. The van der Waals surface area contributed by atoms with Gasteiger partial charge in [0.15, 0.2) is 23.3 Å². The first-order valence-electron chi connectivity index (χ1n) is 22.3. The number of nitrogens with zero attached hydrogens (tertiary/aromatic N) is 5. The van der Waals surface area contributed by atoms with Crippen LogP contribution in [0.3, 0.4) is 0 Å². The molecular formula is C61H39N5O. The molecule has 0 saturated heterocycles. The van der Waals surface area contributed by atoms with Crippen molar-refractivity contribution in [3.8, 4) is 101 Å². The SMILES string of the molecule is c1ccc(-c2ccc(-c3nc(-c4ccc(-c5ccccc5)cc4)nc(-c4cccc(-c5cccc(-c6cc(-c7ccc8c(c7)oc7ccccc78)nc(-c7ccccc7)n6)c5)c4)n3)cc2)cc1. The summed E-state index contributed by atoms with van der Waals surface area (Å²) in [6, 6.07) is 81.2. The van der Waals surface area contributed by atoms with Gasteiger partial charge in [0.1, 0.15) is 11.2 Å². The molecule has 314 valence electrons. The highest BCUT2D eigenvalue weighted by Gasteiger charge is 2.17. The Labute approximate surface area is 387 Å². The summed E-state index contributed by atoms with van der Waals surface area (Å²) >= 11 is 0. The van der Waals surface area contributed by atoms with Gasteiger partial charge in [-0.25, -0.2) is 24.9 Å². The van der Waals surface area contributed by atoms with Gasteiger partial charge in [0.2, 0.25) is 0 Å². The van der Waals surface area contributed by atoms with Crippen molar-refractivity contribution < 1.29 is 4.42 Å². The molecule has 0 unspecified atom stereocenters. The van der Waals surface area contributed by atoms with E-state index >= 15 is 0 Å². The third-order valence-corrected chi connectivity index (χ3v) is 12.2. The fourth-order valence-electron chi connectivity index (χ4n) is 8.69. The van der Waals surface area contributed by atoms with Crippen molar-refractivity contribution >= 4 is 21.9 Å². The quantitative estimate of drug-likeness (QED) is 0.144. The van der Waals surface area contributed by atoms with Crippen LogP contribution in [-0.4, -0.2) is 24.9 Å². The molecule has 6 nitrogen and oxygen atoms in total. The van der Waals surface area contributed by atoms with Gasteiger partial charge in [-0.15, -0.1) is 0 Å². The average molecular weight is 858 g/mol. The van der Waals surface area contributed by atoms with Crippen molar-refractivity contribution in [3.63, 3.8) is 0 Å². The van der Waals surface area contributed by atoms with Crippen molar-refractivity contribution in [2.75, 3.05) is 0 Å². The zero-order valence-electron chi connectivity index (χ0n) is 36.2. The van der Waals surface area contributed by atoms with Gasteiger partial charge in [-0.1, -0.05) is 200 Å². The summed E-state index contributed by atoms with van der Waals surface area (Å²) in [4.78, 5) is 25.6. The van der Waals surface area contributed by atoms with Crippen LogP contribution >= 0.6 is 0 Å². The lowest BCUT2D eigenvalue weighted by atomic mass is 9.98. The summed E-state index contributed by atoms with van der Waals surface area (Å²) in [6.45, 7) is 0. The minimum atomic E-state index is 0.589. The van der Waals surface area contributed by atoms with E-state index in [1.165, 1.54) is 0 Å². The highest BCUT2D eigenvalue weighted by Crippen LogP contribution is 2.36. The van der Waals surface area contributed by atoms with Gasteiger partial charge in [-0.05, 0) is 69.8 Å². The van der Waals surface area contributed by atoms with E-state index in [0.29, 0.717) is 23.3 Å². The minimum Gasteiger partial charge on any atom is -0.456 e. The Morgan fingerprint density at radius 3 is 1.15 bits per heavy atom. The molecule has 9 aromatic carbocycles. The van der Waals surface area contributed by atoms with Crippen LogP contribution < -0.4 is 0 Å². The normalized spacial score (nSPS) is 11.3. The van der Waals surface area contributed by atoms with E-state index in [9.17, 15) is 0 Å². The molecule has 0 spiro atoms. The monoisotopic (exact) mass is 857 g/mol. The molecule has 0 aliphatic carbocycles. The van der Waals surface area contributed by atoms with E-state index in [-0.39, 0.29) is 0 Å². The summed E-state index contributed by atoms with van der Waals surface area (Å²) in [5, 5.41) is 2.17. The predicted molar refractivity (Wildman–Crippen MR) is 272 cm³/mol. The summed E-state index contributed by atoms with van der Waals surface area (Å²) in [6.07, 6.45) is 0. The lowest BCUT2D eigenvalue weighted by molar-refractivity contribution is 0.669. The Kier molecular flexibility index (Phi) is 10.1. The maximum Gasteiger partial charge on any atom is 0.164 e. The molecule has 0 aliphatic heterocycles. The molecule has 6 heteroatoms. The zero-order chi connectivity index (χ0) is 44.5. The number of aromatic nitrogens is 5. The Morgan fingerprint density at radius 1 is 0.209 bits per heavy atom. The second-order valence-corrected chi connectivity index (χ2v) is 16.5. The van der Waals surface area contributed by atoms with E-state index in [4.69, 9.17) is 29.3 Å². The van der Waals surface area contributed by atoms with Crippen molar-refractivity contribution in [2.24, 2.45) is 0 Å². The molecule has 0 saturated carbocycles. The summed E-state index contributed by atoms with van der Waals surface area (Å²) in [7, 11) is 0. The standard InChI is InChI=1S/C61H39N5O/c1-4-14-40(15-5-1)42-26-30-45(31-27-42)59-64-60(46-32-28-43(29-33-46)41-16-6-2-7-17-41)66-61(65-59)51-23-13-21-48(37-51)47-20-12-22-49(36-47)54-39-55(63-58(62-54)44-18-8-3-9-19-44)50-34-35-53-52-24-10-11-25-56(52)67-57(53)38-50/h1-39H. The predicted octanol–water partition coefficient (Wildman–Crippen LogP) is 15.6. The molecular weight excluding hydrogens is 819 g/mol. The number of benzene rings is 9. The van der Waals surface area contributed by atoms with Gasteiger partial charge in [-0.2, -0.15) is 0 Å². The maximum atomic E-state index is 6.29. The molecule has 0 fully saturated rings. The van der Waals surface area contributed by atoms with Crippen LogP contribution in [0.1, 0.15) is 0 Å². The van der Waals surface area contributed by atoms with E-state index in [0.717, 1.165) is 100 Å². The van der Waals surface area contributed by atoms with Gasteiger partial charge in [0.25, 0.3) is 0 Å². The van der Waals surface area contributed by atoms with E-state index in [2.05, 4.69) is 176 Å². The topological polar surface area (TPSA) is 77.6 Å². The van der Waals surface area contributed by atoms with Gasteiger partial charge < -0.3 is 4.42 Å². The molecule has 0 atom stereocenters. The third kappa shape index (κ3) is 7.94. The Hall–Kier alpha value is -9.13. The fraction of sp³-hybridized carbons (Fsp3) is 0. The van der Waals surface area contributed by atoms with Crippen LogP contribution in [0.2, 0.25) is 0 Å². The van der Waals surface area contributed by atoms with Crippen LogP contribution in [-0.2, 0) is 0 Å². The van der Waals surface area contributed by atoms with E-state index in [1.54, 1.807) is 0 Å². The van der Waals surface area contributed by atoms with E-state index in [1.807, 2.05) is 60.7 Å². The lowest BCUT2D eigenvalue weighted by Crippen LogP contribution is -2.00. The summed E-state index contributed by atoms with van der Waals surface area (Å²) < 4.78 is 6.29. The maximum absolute atomic E-state index is 6.29. The van der Waals surface area contributed by atoms with Crippen molar-refractivity contribution in [1.29, 1.82) is 0 Å². The van der Waals surface area contributed by atoms with Crippen LogP contribution in [0.15, 0.2) is 241 Å². The highest BCUT2D eigenvalue weighted by molar-refractivity contribution is 6.05. The molecule has 0 aliphatic rings. The molecule has 12 aromatic rings. The first-order chi connectivity index (χ1) is 33.1. The lowest BCUT2D eigenvalue weighted by Gasteiger charge is -2.12. The van der Waals surface area contributed by atoms with Crippen molar-refractivity contribution in [2.45, 2.75) is 0 Å². The molecule has 0 radical (unpaired) electrons. The molecule has 0 N–H and O–H groups in total. The molecule has 0 amide bonds. The van der Waals surface area contributed by atoms with Crippen LogP contribution in [0, 0.1) is 0 Å². The third-order valence-electron chi connectivity index (χ3n) is 12.2. The number of hydrogen-bond acceptors (Lipinski definition) is 6. The summed E-state index contributed by atoms with van der Waals surface area (Å²) in [5.74, 6) is 2.45. The van der Waals surface area contributed by atoms with Crippen LogP contribution in [0.25, 0.3) is 123 Å². The van der Waals surface area contributed by atoms with Gasteiger partial charge in [0, 0.05) is 44.2 Å². The molecule has 3 aromatic heterocycles. The first kappa shape index (κ1) is 39.5. The molecule has 0 bridgehead atoms. The van der Waals surface area contributed by atoms with Gasteiger partial charge in [-0.3, -0.25) is 0 Å². The molecule has 67 heavy (non-hydrogen) atoms. The number of hydrogen-bond donors (Lipinski definition) is 0. The van der Waals surface area contributed by atoms with Gasteiger partial charge in [0.05, 0.1) is 11.4 Å². The van der Waals surface area contributed by atoms with Gasteiger partial charge >= 0.3 is 0 Å². The van der Waals surface area contributed by atoms with Crippen molar-refractivity contribution in [3.05, 3.63) is 237 Å². The number of rotatable bonds is 9. The Bertz CT molecular complexity index is 3620. The number of fused-ring (bicyclic) bond motifs is 3. The fourth-order valence-corrected chi connectivity index (χ4v) is 8.69. The highest BCUT2D eigenvalue weighted by atomic mass is 16.3. The van der Waals surface area contributed by atoms with Crippen LogP contribution in [0.4, 0.5) is 0 Å². The zero-order valence-corrected chi connectivity index (χ0v) is 36.2. The second kappa shape index (κ2) is 17.1. The molecule has 3 heterocycles. The van der Waals surface area contributed by atoms with Crippen molar-refractivity contribution in [1.82, 2.24) is 24.9 Å². The van der Waals surface area contributed by atoms with Crippen LogP contribution in [0.5, 0.6) is 0 Å². The minimum absolute atomic E-state index is 0.589. The average Bonchev–Trinajstić information content (AvgIpc) is 3.80. The largest absolute Gasteiger partial charge is 0.456 e. The Balaban J connectivity index is 0.925.